The molecule has 104 valence electrons. The highest BCUT2D eigenvalue weighted by Crippen LogP contribution is 2.17. The Morgan fingerprint density at radius 3 is 2.60 bits per heavy atom. The van der Waals surface area contributed by atoms with Gasteiger partial charge in [0.25, 0.3) is 5.91 Å². The quantitative estimate of drug-likeness (QED) is 0.903. The van der Waals surface area contributed by atoms with Crippen molar-refractivity contribution >= 4 is 17.3 Å². The van der Waals surface area contributed by atoms with E-state index in [0.717, 1.165) is 18.2 Å². The number of anilines is 2. The van der Waals surface area contributed by atoms with E-state index in [-0.39, 0.29) is 5.69 Å². The third-order valence-corrected chi connectivity index (χ3v) is 2.55. The van der Waals surface area contributed by atoms with Gasteiger partial charge in [-0.15, -0.1) is 0 Å². The van der Waals surface area contributed by atoms with E-state index in [0.29, 0.717) is 17.8 Å². The van der Waals surface area contributed by atoms with Crippen LogP contribution in [0.2, 0.25) is 0 Å². The number of hydrogen-bond acceptors (Lipinski definition) is 3. The van der Waals surface area contributed by atoms with Crippen molar-refractivity contribution in [1.82, 2.24) is 4.98 Å². The molecule has 0 aliphatic carbocycles. The molecule has 2 N–H and O–H groups in total. The third kappa shape index (κ3) is 3.28. The highest BCUT2D eigenvalue weighted by Gasteiger charge is 2.12. The lowest BCUT2D eigenvalue weighted by Gasteiger charge is -2.10. The summed E-state index contributed by atoms with van der Waals surface area (Å²) in [4.78, 5) is 16.0. The van der Waals surface area contributed by atoms with Crippen LogP contribution in [-0.4, -0.2) is 17.4 Å². The molecule has 20 heavy (non-hydrogen) atoms. The Bertz CT molecular complexity index is 611. The minimum Gasteiger partial charge on any atom is -0.383 e. The van der Waals surface area contributed by atoms with Crippen molar-refractivity contribution in [2.24, 2.45) is 0 Å². The number of carbonyl (C=O) groups is 1. The number of nitrogens with one attached hydrogen (secondary N) is 2. The first-order valence-electron chi connectivity index (χ1n) is 6.05. The average Bonchev–Trinajstić information content (AvgIpc) is 2.38. The van der Waals surface area contributed by atoms with Crippen LogP contribution >= 0.6 is 0 Å². The van der Waals surface area contributed by atoms with Gasteiger partial charge < -0.3 is 10.6 Å². The van der Waals surface area contributed by atoms with E-state index in [2.05, 4.69) is 15.6 Å². The maximum absolute atomic E-state index is 13.1. The molecule has 1 aromatic heterocycles. The van der Waals surface area contributed by atoms with E-state index >= 15 is 0 Å². The molecule has 0 aliphatic rings. The number of pyridine rings is 1. The Labute approximate surface area is 114 Å². The average molecular weight is 277 g/mol. The zero-order valence-electron chi connectivity index (χ0n) is 10.8. The zero-order chi connectivity index (χ0) is 14.5. The highest BCUT2D eigenvalue weighted by molar-refractivity contribution is 6.07. The van der Waals surface area contributed by atoms with Crippen LogP contribution in [0.3, 0.4) is 0 Å². The standard InChI is InChI=1S/C14H13F2N3O/c1-2-18-13-8-17-4-3-12(13)14(20)19-11-6-9(15)5-10(16)7-11/h3-8,18H,2H2,1H3,(H,19,20). The molecule has 0 spiro atoms. The number of benzene rings is 1. The Balaban J connectivity index is 2.23. The predicted molar refractivity (Wildman–Crippen MR) is 72.7 cm³/mol. The summed E-state index contributed by atoms with van der Waals surface area (Å²) in [5.41, 5.74) is 0.975. The normalized spacial score (nSPS) is 10.2. The second-order valence-corrected chi connectivity index (χ2v) is 4.06. The summed E-state index contributed by atoms with van der Waals surface area (Å²) in [6.07, 6.45) is 2.99. The van der Waals surface area contributed by atoms with Crippen molar-refractivity contribution in [2.45, 2.75) is 6.92 Å². The molecule has 0 atom stereocenters. The predicted octanol–water partition coefficient (Wildman–Crippen LogP) is 3.04. The fourth-order valence-electron chi connectivity index (χ4n) is 1.75. The molecular formula is C14H13F2N3O. The summed E-state index contributed by atoms with van der Waals surface area (Å²) in [5.74, 6) is -1.96. The maximum Gasteiger partial charge on any atom is 0.257 e. The van der Waals surface area contributed by atoms with E-state index in [9.17, 15) is 13.6 Å². The van der Waals surface area contributed by atoms with Crippen LogP contribution in [0, 0.1) is 11.6 Å². The van der Waals surface area contributed by atoms with Crippen LogP contribution in [0.15, 0.2) is 36.7 Å². The third-order valence-electron chi connectivity index (χ3n) is 2.55. The van der Waals surface area contributed by atoms with Gasteiger partial charge in [-0.25, -0.2) is 8.78 Å². The van der Waals surface area contributed by atoms with Gasteiger partial charge in [0, 0.05) is 24.5 Å². The van der Waals surface area contributed by atoms with Crippen molar-refractivity contribution in [3.8, 4) is 0 Å². The van der Waals surface area contributed by atoms with Gasteiger partial charge in [0.15, 0.2) is 0 Å². The van der Waals surface area contributed by atoms with Gasteiger partial charge in [-0.3, -0.25) is 9.78 Å². The first-order valence-corrected chi connectivity index (χ1v) is 6.05. The minimum atomic E-state index is -0.748. The molecule has 1 heterocycles. The summed E-state index contributed by atoms with van der Waals surface area (Å²) >= 11 is 0. The van der Waals surface area contributed by atoms with E-state index in [1.165, 1.54) is 18.5 Å². The first-order chi connectivity index (χ1) is 9.60. The fraction of sp³-hybridized carbons (Fsp3) is 0.143. The maximum atomic E-state index is 13.1. The first kappa shape index (κ1) is 13.9. The van der Waals surface area contributed by atoms with Gasteiger partial charge >= 0.3 is 0 Å². The monoisotopic (exact) mass is 277 g/mol. The molecular weight excluding hydrogens is 264 g/mol. The molecule has 4 nitrogen and oxygen atoms in total. The van der Waals surface area contributed by atoms with Crippen molar-refractivity contribution in [3.05, 3.63) is 53.9 Å². The van der Waals surface area contributed by atoms with Crippen molar-refractivity contribution in [3.63, 3.8) is 0 Å². The molecule has 1 amide bonds. The topological polar surface area (TPSA) is 54.0 Å². The Morgan fingerprint density at radius 1 is 1.25 bits per heavy atom. The summed E-state index contributed by atoms with van der Waals surface area (Å²) in [6, 6.07) is 4.37. The van der Waals surface area contributed by atoms with Crippen LogP contribution in [0.25, 0.3) is 0 Å². The molecule has 0 radical (unpaired) electrons. The molecule has 6 heteroatoms. The van der Waals surface area contributed by atoms with Gasteiger partial charge in [-0.05, 0) is 25.1 Å². The number of amides is 1. The minimum absolute atomic E-state index is 0.0618. The molecule has 0 fully saturated rings. The van der Waals surface area contributed by atoms with Crippen LogP contribution in [-0.2, 0) is 0 Å². The van der Waals surface area contributed by atoms with Crippen molar-refractivity contribution in [2.75, 3.05) is 17.2 Å². The molecule has 2 aromatic rings. The summed E-state index contributed by atoms with van der Waals surface area (Å²) in [5, 5.41) is 5.45. The summed E-state index contributed by atoms with van der Waals surface area (Å²) in [7, 11) is 0. The van der Waals surface area contributed by atoms with Gasteiger partial charge in [0.05, 0.1) is 17.4 Å². The van der Waals surface area contributed by atoms with E-state index in [1.54, 1.807) is 0 Å². The summed E-state index contributed by atoms with van der Waals surface area (Å²) < 4.78 is 26.1. The molecule has 2 rings (SSSR count). The molecule has 0 aliphatic heterocycles. The summed E-state index contributed by atoms with van der Waals surface area (Å²) in [6.45, 7) is 2.51. The number of halogens is 2. The highest BCUT2D eigenvalue weighted by atomic mass is 19.1. The Morgan fingerprint density at radius 2 is 1.95 bits per heavy atom. The molecule has 0 saturated heterocycles. The fourth-order valence-corrected chi connectivity index (χ4v) is 1.75. The van der Waals surface area contributed by atoms with E-state index < -0.39 is 17.5 Å². The van der Waals surface area contributed by atoms with Gasteiger partial charge in [0.2, 0.25) is 0 Å². The smallest absolute Gasteiger partial charge is 0.257 e. The van der Waals surface area contributed by atoms with Crippen molar-refractivity contribution < 1.29 is 13.6 Å². The van der Waals surface area contributed by atoms with Crippen molar-refractivity contribution in [1.29, 1.82) is 0 Å². The van der Waals surface area contributed by atoms with Crippen LogP contribution in [0.5, 0.6) is 0 Å². The molecule has 1 aromatic carbocycles. The number of hydrogen-bond donors (Lipinski definition) is 2. The second-order valence-electron chi connectivity index (χ2n) is 4.06. The number of rotatable bonds is 4. The van der Waals surface area contributed by atoms with Gasteiger partial charge in [-0.2, -0.15) is 0 Å². The van der Waals surface area contributed by atoms with Crippen LogP contribution < -0.4 is 10.6 Å². The lowest BCUT2D eigenvalue weighted by molar-refractivity contribution is 0.102. The largest absolute Gasteiger partial charge is 0.383 e. The number of carbonyl (C=O) groups excluding carboxylic acids is 1. The van der Waals surface area contributed by atoms with Crippen LogP contribution in [0.4, 0.5) is 20.2 Å². The number of nitrogens with zero attached hydrogens (tertiary/aromatic N) is 1. The zero-order valence-corrected chi connectivity index (χ0v) is 10.8. The lowest BCUT2D eigenvalue weighted by Crippen LogP contribution is -2.15. The Hall–Kier alpha value is -2.50. The van der Waals surface area contributed by atoms with E-state index in [4.69, 9.17) is 0 Å². The van der Waals surface area contributed by atoms with Crippen LogP contribution in [0.1, 0.15) is 17.3 Å². The van der Waals surface area contributed by atoms with E-state index in [1.807, 2.05) is 6.92 Å². The van der Waals surface area contributed by atoms with Gasteiger partial charge in [-0.1, -0.05) is 0 Å². The molecule has 0 bridgehead atoms. The molecule has 0 unspecified atom stereocenters. The molecule has 0 saturated carbocycles. The van der Waals surface area contributed by atoms with Gasteiger partial charge in [0.1, 0.15) is 11.6 Å². The SMILES string of the molecule is CCNc1cnccc1C(=O)Nc1cc(F)cc(F)c1. The lowest BCUT2D eigenvalue weighted by atomic mass is 10.2. The number of aromatic nitrogens is 1. The second kappa shape index (κ2) is 6.10. The Kier molecular flexibility index (Phi) is 4.24.